The van der Waals surface area contributed by atoms with Crippen LogP contribution in [0, 0.1) is 5.41 Å². The van der Waals surface area contributed by atoms with E-state index in [1.54, 1.807) is 7.05 Å². The fourth-order valence-electron chi connectivity index (χ4n) is 3.55. The number of hydrogen-bond acceptors (Lipinski definition) is 4. The van der Waals surface area contributed by atoms with E-state index in [-0.39, 0.29) is 12.0 Å². The van der Waals surface area contributed by atoms with Crippen molar-refractivity contribution in [3.8, 4) is 0 Å². The van der Waals surface area contributed by atoms with Gasteiger partial charge >= 0.3 is 0 Å². The Bertz CT molecular complexity index is 581. The number of ether oxygens (including phenoxy) is 1. The summed E-state index contributed by atoms with van der Waals surface area (Å²) in [6.07, 6.45) is 1.73. The van der Waals surface area contributed by atoms with Gasteiger partial charge in [-0.2, -0.15) is 0 Å². The third-order valence-corrected chi connectivity index (χ3v) is 5.53. The molecule has 1 atom stereocenters. The summed E-state index contributed by atoms with van der Waals surface area (Å²) in [5, 5.41) is 16.2. The molecule has 6 nitrogen and oxygen atoms in total. The van der Waals surface area contributed by atoms with Crippen LogP contribution in [0.25, 0.3) is 0 Å². The topological polar surface area (TPSA) is 69.1 Å². The molecule has 0 saturated carbocycles. The molecule has 0 spiro atoms. The zero-order valence-corrected chi connectivity index (χ0v) is 17.1. The van der Waals surface area contributed by atoms with Crippen LogP contribution < -0.4 is 10.6 Å². The van der Waals surface area contributed by atoms with Crippen LogP contribution in [0.15, 0.2) is 29.3 Å². The Morgan fingerprint density at radius 3 is 2.56 bits per heavy atom. The Morgan fingerprint density at radius 2 is 1.96 bits per heavy atom. The van der Waals surface area contributed by atoms with Crippen molar-refractivity contribution in [2.24, 2.45) is 10.4 Å². The first-order chi connectivity index (χ1) is 13.2. The van der Waals surface area contributed by atoms with Gasteiger partial charge in [0.15, 0.2) is 5.96 Å². The SMILES string of the molecule is CCN(CC)Cc1ccccc1CNC(=NC)NCC1(CCO)CCOC1. The van der Waals surface area contributed by atoms with Gasteiger partial charge in [-0.15, -0.1) is 0 Å². The first-order valence-corrected chi connectivity index (χ1v) is 10.1. The van der Waals surface area contributed by atoms with Gasteiger partial charge in [-0.25, -0.2) is 0 Å². The number of aliphatic hydroxyl groups excluding tert-OH is 1. The Hall–Kier alpha value is -1.63. The van der Waals surface area contributed by atoms with Gasteiger partial charge < -0.3 is 20.5 Å². The molecule has 0 radical (unpaired) electrons. The minimum Gasteiger partial charge on any atom is -0.396 e. The lowest BCUT2D eigenvalue weighted by Crippen LogP contribution is -2.44. The molecule has 0 aromatic heterocycles. The smallest absolute Gasteiger partial charge is 0.191 e. The fraction of sp³-hybridized carbons (Fsp3) is 0.667. The zero-order valence-electron chi connectivity index (χ0n) is 17.1. The van der Waals surface area contributed by atoms with Gasteiger partial charge in [0.2, 0.25) is 0 Å². The molecular weight excluding hydrogens is 340 g/mol. The zero-order chi connectivity index (χ0) is 19.5. The molecule has 0 aliphatic carbocycles. The van der Waals surface area contributed by atoms with E-state index in [9.17, 15) is 5.11 Å². The average Bonchev–Trinajstić information content (AvgIpc) is 3.16. The molecule has 6 heteroatoms. The summed E-state index contributed by atoms with van der Waals surface area (Å²) in [5.74, 6) is 0.789. The number of aliphatic hydroxyl groups is 1. The van der Waals surface area contributed by atoms with Gasteiger partial charge in [0.25, 0.3) is 0 Å². The molecule has 1 saturated heterocycles. The molecule has 1 fully saturated rings. The first-order valence-electron chi connectivity index (χ1n) is 10.1. The van der Waals surface area contributed by atoms with Crippen molar-refractivity contribution in [1.29, 1.82) is 0 Å². The van der Waals surface area contributed by atoms with Crippen LogP contribution in [0.5, 0.6) is 0 Å². The quantitative estimate of drug-likeness (QED) is 0.430. The lowest BCUT2D eigenvalue weighted by molar-refractivity contribution is 0.127. The molecule has 152 valence electrons. The lowest BCUT2D eigenvalue weighted by Gasteiger charge is -2.28. The fourth-order valence-corrected chi connectivity index (χ4v) is 3.55. The van der Waals surface area contributed by atoms with Crippen molar-refractivity contribution >= 4 is 5.96 Å². The van der Waals surface area contributed by atoms with E-state index >= 15 is 0 Å². The highest BCUT2D eigenvalue weighted by Gasteiger charge is 2.34. The molecule has 0 amide bonds. The van der Waals surface area contributed by atoms with Gasteiger partial charge in [0.05, 0.1) is 6.61 Å². The van der Waals surface area contributed by atoms with E-state index < -0.39 is 0 Å². The predicted octanol–water partition coefficient (Wildman–Crippen LogP) is 1.98. The van der Waals surface area contributed by atoms with E-state index in [1.165, 1.54) is 11.1 Å². The highest BCUT2D eigenvalue weighted by atomic mass is 16.5. The Balaban J connectivity index is 1.92. The number of nitrogens with one attached hydrogen (secondary N) is 2. The standard InChI is InChI=1S/C21H36N4O2/c1-4-25(5-2)15-19-9-7-6-8-18(19)14-23-20(22-3)24-16-21(10-12-26)11-13-27-17-21/h6-9,26H,4-5,10-17H2,1-3H3,(H2,22,23,24). The average molecular weight is 377 g/mol. The number of rotatable bonds is 10. The minimum absolute atomic E-state index is 0.00697. The van der Waals surface area contributed by atoms with Crippen LogP contribution in [0.2, 0.25) is 0 Å². The highest BCUT2D eigenvalue weighted by Crippen LogP contribution is 2.31. The number of benzene rings is 1. The largest absolute Gasteiger partial charge is 0.396 e. The highest BCUT2D eigenvalue weighted by molar-refractivity contribution is 5.79. The number of guanidine groups is 1. The lowest BCUT2D eigenvalue weighted by atomic mass is 9.84. The van der Waals surface area contributed by atoms with Crippen LogP contribution in [0.3, 0.4) is 0 Å². The van der Waals surface area contributed by atoms with E-state index in [0.717, 1.165) is 58.1 Å². The first kappa shape index (κ1) is 21.7. The predicted molar refractivity (Wildman–Crippen MR) is 111 cm³/mol. The van der Waals surface area contributed by atoms with Crippen molar-refractivity contribution in [1.82, 2.24) is 15.5 Å². The maximum Gasteiger partial charge on any atom is 0.191 e. The molecule has 1 aromatic rings. The Kier molecular flexibility index (Phi) is 9.04. The molecule has 1 aromatic carbocycles. The molecule has 2 rings (SSSR count). The summed E-state index contributed by atoms with van der Waals surface area (Å²) in [5.41, 5.74) is 2.65. The van der Waals surface area contributed by atoms with Crippen LogP contribution in [-0.4, -0.2) is 62.5 Å². The minimum atomic E-state index is 0.00697. The summed E-state index contributed by atoms with van der Waals surface area (Å²) in [7, 11) is 1.79. The van der Waals surface area contributed by atoms with Crippen LogP contribution >= 0.6 is 0 Å². The molecule has 27 heavy (non-hydrogen) atoms. The summed E-state index contributed by atoms with van der Waals surface area (Å²) < 4.78 is 5.57. The van der Waals surface area contributed by atoms with Crippen LogP contribution in [-0.2, 0) is 17.8 Å². The van der Waals surface area contributed by atoms with E-state index in [0.29, 0.717) is 6.61 Å². The van der Waals surface area contributed by atoms with Gasteiger partial charge in [0, 0.05) is 45.3 Å². The van der Waals surface area contributed by atoms with Crippen molar-refractivity contribution in [3.05, 3.63) is 35.4 Å². The summed E-state index contributed by atoms with van der Waals surface area (Å²) >= 11 is 0. The third kappa shape index (κ3) is 6.48. The number of nitrogens with zero attached hydrogens (tertiary/aromatic N) is 2. The van der Waals surface area contributed by atoms with Crippen molar-refractivity contribution in [2.75, 3.05) is 46.5 Å². The molecule has 0 bridgehead atoms. The van der Waals surface area contributed by atoms with Gasteiger partial charge in [-0.1, -0.05) is 38.1 Å². The molecule has 1 aliphatic rings. The van der Waals surface area contributed by atoms with E-state index in [2.05, 4.69) is 58.6 Å². The third-order valence-electron chi connectivity index (χ3n) is 5.53. The summed E-state index contributed by atoms with van der Waals surface area (Å²) in [6.45, 7) is 10.6. The molecule has 1 aliphatic heterocycles. The molecule has 1 unspecified atom stereocenters. The number of hydrogen-bond donors (Lipinski definition) is 3. The summed E-state index contributed by atoms with van der Waals surface area (Å²) in [4.78, 5) is 6.78. The van der Waals surface area contributed by atoms with Gasteiger partial charge in [-0.3, -0.25) is 9.89 Å². The number of aliphatic imine (C=N–C) groups is 1. The Labute approximate surface area is 164 Å². The normalized spacial score (nSPS) is 20.3. The monoisotopic (exact) mass is 376 g/mol. The molecule has 3 N–H and O–H groups in total. The van der Waals surface area contributed by atoms with E-state index in [1.807, 2.05) is 0 Å². The maximum absolute atomic E-state index is 9.38. The van der Waals surface area contributed by atoms with Crippen molar-refractivity contribution in [2.45, 2.75) is 39.8 Å². The Morgan fingerprint density at radius 1 is 1.22 bits per heavy atom. The van der Waals surface area contributed by atoms with Crippen molar-refractivity contribution in [3.63, 3.8) is 0 Å². The van der Waals surface area contributed by atoms with Crippen molar-refractivity contribution < 1.29 is 9.84 Å². The molecular formula is C21H36N4O2. The molecule has 1 heterocycles. The summed E-state index contributed by atoms with van der Waals surface area (Å²) in [6, 6.07) is 8.58. The van der Waals surface area contributed by atoms with Crippen LogP contribution in [0.1, 0.15) is 37.8 Å². The van der Waals surface area contributed by atoms with Gasteiger partial charge in [-0.05, 0) is 37.1 Å². The second-order valence-electron chi connectivity index (χ2n) is 7.29. The van der Waals surface area contributed by atoms with E-state index in [4.69, 9.17) is 4.74 Å². The van der Waals surface area contributed by atoms with Gasteiger partial charge in [0.1, 0.15) is 0 Å². The second-order valence-corrected chi connectivity index (χ2v) is 7.29. The maximum atomic E-state index is 9.38. The second kappa shape index (κ2) is 11.3. The van der Waals surface area contributed by atoms with Crippen LogP contribution in [0.4, 0.5) is 0 Å².